The first kappa shape index (κ1) is 9.38. The molecule has 0 atom stereocenters. The van der Waals surface area contributed by atoms with Crippen LogP contribution < -0.4 is 5.32 Å². The summed E-state index contributed by atoms with van der Waals surface area (Å²) in [7, 11) is 0. The highest BCUT2D eigenvalue weighted by Gasteiger charge is 2.07. The summed E-state index contributed by atoms with van der Waals surface area (Å²) in [6.07, 6.45) is 3.28. The van der Waals surface area contributed by atoms with Gasteiger partial charge in [0.15, 0.2) is 5.82 Å². The lowest BCUT2D eigenvalue weighted by atomic mass is 10.5. The zero-order valence-electron chi connectivity index (χ0n) is 8.01. The number of anilines is 1. The van der Waals surface area contributed by atoms with E-state index in [9.17, 15) is 4.79 Å². The second-order valence-corrected chi connectivity index (χ2v) is 2.96. The molecule has 0 amide bonds. The number of hydrogen-bond donors (Lipinski definition) is 2. The molecule has 0 unspecified atom stereocenters. The van der Waals surface area contributed by atoms with Crippen molar-refractivity contribution in [3.8, 4) is 0 Å². The van der Waals surface area contributed by atoms with E-state index in [0.29, 0.717) is 11.5 Å². The standard InChI is InChI=1S/C8H9N5O2/c1-5-11-12-8-7(10-4-6(14)15)9-2-3-13(5)8/h2-3H,4H2,1H3,(H,9,10)(H,14,15). The molecule has 2 aromatic heterocycles. The summed E-state index contributed by atoms with van der Waals surface area (Å²) in [5.74, 6) is 0.196. The van der Waals surface area contributed by atoms with Crippen molar-refractivity contribution in [2.75, 3.05) is 11.9 Å². The lowest BCUT2D eigenvalue weighted by Crippen LogP contribution is -2.14. The molecule has 0 saturated carbocycles. The smallest absolute Gasteiger partial charge is 0.322 e. The summed E-state index contributed by atoms with van der Waals surface area (Å²) in [6.45, 7) is 1.61. The number of rotatable bonds is 3. The fourth-order valence-electron chi connectivity index (χ4n) is 1.23. The van der Waals surface area contributed by atoms with E-state index >= 15 is 0 Å². The molecule has 2 aromatic rings. The van der Waals surface area contributed by atoms with Crippen LogP contribution in [0.4, 0.5) is 5.82 Å². The molecular weight excluding hydrogens is 198 g/mol. The van der Waals surface area contributed by atoms with Crippen molar-refractivity contribution < 1.29 is 9.90 Å². The lowest BCUT2D eigenvalue weighted by molar-refractivity contribution is -0.134. The summed E-state index contributed by atoms with van der Waals surface area (Å²) in [6, 6.07) is 0. The van der Waals surface area contributed by atoms with E-state index in [2.05, 4.69) is 20.5 Å². The van der Waals surface area contributed by atoms with Gasteiger partial charge in [-0.05, 0) is 6.92 Å². The Labute approximate surface area is 84.8 Å². The molecule has 15 heavy (non-hydrogen) atoms. The fraction of sp³-hybridized carbons (Fsp3) is 0.250. The van der Waals surface area contributed by atoms with Gasteiger partial charge in [-0.15, -0.1) is 10.2 Å². The number of carboxylic acid groups (broad SMARTS) is 1. The van der Waals surface area contributed by atoms with Gasteiger partial charge in [0.05, 0.1) is 0 Å². The third-order valence-corrected chi connectivity index (χ3v) is 1.90. The monoisotopic (exact) mass is 207 g/mol. The molecule has 7 nitrogen and oxygen atoms in total. The van der Waals surface area contributed by atoms with E-state index in [-0.39, 0.29) is 6.54 Å². The van der Waals surface area contributed by atoms with E-state index in [1.165, 1.54) is 0 Å². The summed E-state index contributed by atoms with van der Waals surface area (Å²) >= 11 is 0. The Kier molecular flexibility index (Phi) is 2.20. The van der Waals surface area contributed by atoms with Gasteiger partial charge in [0.1, 0.15) is 12.4 Å². The Morgan fingerprint density at radius 2 is 2.40 bits per heavy atom. The van der Waals surface area contributed by atoms with Gasteiger partial charge in [-0.1, -0.05) is 0 Å². The number of nitrogens with zero attached hydrogens (tertiary/aromatic N) is 4. The molecule has 0 fully saturated rings. The van der Waals surface area contributed by atoms with Crippen molar-refractivity contribution >= 4 is 17.4 Å². The molecule has 0 spiro atoms. The maximum absolute atomic E-state index is 10.4. The van der Waals surface area contributed by atoms with Crippen LogP contribution in [0.25, 0.3) is 5.65 Å². The Hall–Kier alpha value is -2.18. The number of carboxylic acids is 1. The van der Waals surface area contributed by atoms with Gasteiger partial charge >= 0.3 is 5.97 Å². The van der Waals surface area contributed by atoms with Crippen LogP contribution in [0.5, 0.6) is 0 Å². The molecule has 7 heteroatoms. The topological polar surface area (TPSA) is 92.4 Å². The molecule has 2 rings (SSSR count). The number of aryl methyl sites for hydroxylation is 1. The van der Waals surface area contributed by atoms with Gasteiger partial charge in [0.25, 0.3) is 0 Å². The first-order valence-corrected chi connectivity index (χ1v) is 4.30. The van der Waals surface area contributed by atoms with Crippen molar-refractivity contribution in [1.82, 2.24) is 19.6 Å². The van der Waals surface area contributed by atoms with Gasteiger partial charge < -0.3 is 10.4 Å². The number of carbonyl (C=O) groups is 1. The Morgan fingerprint density at radius 3 is 3.13 bits per heavy atom. The van der Waals surface area contributed by atoms with Crippen molar-refractivity contribution in [3.63, 3.8) is 0 Å². The Balaban J connectivity index is 2.38. The molecule has 2 N–H and O–H groups in total. The Morgan fingerprint density at radius 1 is 1.60 bits per heavy atom. The molecule has 0 aliphatic heterocycles. The number of aromatic nitrogens is 4. The third kappa shape index (κ3) is 1.71. The molecule has 0 aliphatic rings. The fourth-order valence-corrected chi connectivity index (χ4v) is 1.23. The Bertz CT molecular complexity index is 507. The molecule has 0 aromatic carbocycles. The highest BCUT2D eigenvalue weighted by Crippen LogP contribution is 2.10. The van der Waals surface area contributed by atoms with Crippen molar-refractivity contribution in [3.05, 3.63) is 18.2 Å². The van der Waals surface area contributed by atoms with E-state index < -0.39 is 5.97 Å². The second-order valence-electron chi connectivity index (χ2n) is 2.96. The SMILES string of the molecule is Cc1nnc2c(NCC(=O)O)nccn12. The predicted molar refractivity (Wildman–Crippen MR) is 51.6 cm³/mol. The van der Waals surface area contributed by atoms with Crippen molar-refractivity contribution in [2.24, 2.45) is 0 Å². The highest BCUT2D eigenvalue weighted by molar-refractivity contribution is 5.74. The van der Waals surface area contributed by atoms with Crippen LogP contribution in [0.1, 0.15) is 5.82 Å². The predicted octanol–water partition coefficient (Wildman–Crippen LogP) is -0.0708. The molecule has 0 bridgehead atoms. The van der Waals surface area contributed by atoms with Gasteiger partial charge in [-0.25, -0.2) is 4.98 Å². The van der Waals surface area contributed by atoms with Crippen molar-refractivity contribution in [1.29, 1.82) is 0 Å². The molecule has 2 heterocycles. The number of hydrogen-bond acceptors (Lipinski definition) is 5. The normalized spacial score (nSPS) is 10.5. The first-order chi connectivity index (χ1) is 7.18. The number of nitrogens with one attached hydrogen (secondary N) is 1. The number of fused-ring (bicyclic) bond motifs is 1. The quantitative estimate of drug-likeness (QED) is 0.731. The van der Waals surface area contributed by atoms with Gasteiger partial charge in [0.2, 0.25) is 5.65 Å². The molecule has 0 radical (unpaired) electrons. The maximum atomic E-state index is 10.4. The molecule has 78 valence electrons. The zero-order chi connectivity index (χ0) is 10.8. The largest absolute Gasteiger partial charge is 0.480 e. The van der Waals surface area contributed by atoms with Gasteiger partial charge in [0, 0.05) is 12.4 Å². The molecular formula is C8H9N5O2. The van der Waals surface area contributed by atoms with Crippen LogP contribution in [0.3, 0.4) is 0 Å². The van der Waals surface area contributed by atoms with Crippen molar-refractivity contribution in [2.45, 2.75) is 6.92 Å². The average Bonchev–Trinajstić information content (AvgIpc) is 2.58. The second kappa shape index (κ2) is 3.52. The highest BCUT2D eigenvalue weighted by atomic mass is 16.4. The summed E-state index contributed by atoms with van der Waals surface area (Å²) < 4.78 is 1.73. The summed E-state index contributed by atoms with van der Waals surface area (Å²) in [4.78, 5) is 14.4. The van der Waals surface area contributed by atoms with Crippen LogP contribution in [-0.4, -0.2) is 37.2 Å². The lowest BCUT2D eigenvalue weighted by Gasteiger charge is -2.02. The molecule has 0 saturated heterocycles. The van der Waals surface area contributed by atoms with Crippen LogP contribution in [-0.2, 0) is 4.79 Å². The van der Waals surface area contributed by atoms with Gasteiger partial charge in [-0.2, -0.15) is 0 Å². The van der Waals surface area contributed by atoms with Gasteiger partial charge in [-0.3, -0.25) is 9.20 Å². The average molecular weight is 207 g/mol. The first-order valence-electron chi connectivity index (χ1n) is 4.30. The minimum Gasteiger partial charge on any atom is -0.480 e. The minimum absolute atomic E-state index is 0.196. The number of aliphatic carboxylic acids is 1. The van der Waals surface area contributed by atoms with Crippen LogP contribution in [0, 0.1) is 6.92 Å². The van der Waals surface area contributed by atoms with Crippen LogP contribution >= 0.6 is 0 Å². The third-order valence-electron chi connectivity index (χ3n) is 1.90. The summed E-state index contributed by atoms with van der Waals surface area (Å²) in [5, 5.41) is 18.9. The van der Waals surface area contributed by atoms with E-state index in [0.717, 1.165) is 5.82 Å². The van der Waals surface area contributed by atoms with Crippen LogP contribution in [0.2, 0.25) is 0 Å². The minimum atomic E-state index is -0.949. The maximum Gasteiger partial charge on any atom is 0.322 e. The van der Waals surface area contributed by atoms with Crippen LogP contribution in [0.15, 0.2) is 12.4 Å². The van der Waals surface area contributed by atoms with E-state index in [1.807, 2.05) is 0 Å². The zero-order valence-corrected chi connectivity index (χ0v) is 8.01. The van der Waals surface area contributed by atoms with E-state index in [1.54, 1.807) is 23.7 Å². The summed E-state index contributed by atoms with van der Waals surface area (Å²) in [5.41, 5.74) is 0.524. The molecule has 0 aliphatic carbocycles. The van der Waals surface area contributed by atoms with E-state index in [4.69, 9.17) is 5.11 Å².